The summed E-state index contributed by atoms with van der Waals surface area (Å²) in [7, 11) is -0.807. The lowest BCUT2D eigenvalue weighted by Gasteiger charge is -2.20. The molecular formula is C13H19NO4S. The van der Waals surface area contributed by atoms with E-state index in [4.69, 9.17) is 9.47 Å². The van der Waals surface area contributed by atoms with Gasteiger partial charge in [-0.1, -0.05) is 6.07 Å². The van der Waals surface area contributed by atoms with Crippen LogP contribution in [0.25, 0.3) is 0 Å². The molecule has 0 amide bonds. The zero-order valence-corrected chi connectivity index (χ0v) is 11.7. The summed E-state index contributed by atoms with van der Waals surface area (Å²) < 4.78 is 21.8. The fraction of sp³-hybridized carbons (Fsp3) is 0.538. The van der Waals surface area contributed by atoms with Crippen LogP contribution in [0, 0.1) is 0 Å². The van der Waals surface area contributed by atoms with Gasteiger partial charge in [0.2, 0.25) is 0 Å². The van der Waals surface area contributed by atoms with Crippen molar-refractivity contribution in [2.24, 2.45) is 0 Å². The third kappa shape index (κ3) is 4.19. The lowest BCUT2D eigenvalue weighted by molar-refractivity contribution is 0.163. The van der Waals surface area contributed by atoms with Crippen LogP contribution in [-0.4, -0.2) is 47.6 Å². The van der Waals surface area contributed by atoms with Crippen molar-refractivity contribution in [2.75, 3.05) is 38.3 Å². The van der Waals surface area contributed by atoms with Crippen molar-refractivity contribution in [3.8, 4) is 11.5 Å². The van der Waals surface area contributed by atoms with Gasteiger partial charge in [0, 0.05) is 35.9 Å². The molecule has 5 nitrogen and oxygen atoms in total. The zero-order chi connectivity index (χ0) is 13.7. The Hall–Kier alpha value is -1.11. The molecule has 106 valence electrons. The Bertz CT molecular complexity index is 452. The molecule has 0 spiro atoms. The van der Waals surface area contributed by atoms with Crippen molar-refractivity contribution in [1.82, 2.24) is 5.32 Å². The molecule has 0 saturated heterocycles. The molecule has 2 N–H and O–H groups in total. The van der Waals surface area contributed by atoms with Crippen LogP contribution in [0.2, 0.25) is 0 Å². The molecule has 19 heavy (non-hydrogen) atoms. The Kier molecular flexibility index (Phi) is 5.18. The van der Waals surface area contributed by atoms with Gasteiger partial charge in [-0.2, -0.15) is 0 Å². The Morgan fingerprint density at radius 2 is 2.11 bits per heavy atom. The van der Waals surface area contributed by atoms with E-state index in [1.807, 2.05) is 12.1 Å². The predicted molar refractivity (Wildman–Crippen MR) is 74.2 cm³/mol. The normalized spacial score (nSPS) is 16.9. The average Bonchev–Trinajstić information content (AvgIpc) is 2.42. The van der Waals surface area contributed by atoms with Crippen LogP contribution in [0.15, 0.2) is 18.2 Å². The lowest BCUT2D eigenvalue weighted by Crippen LogP contribution is -2.25. The number of benzene rings is 1. The molecule has 2 unspecified atom stereocenters. The summed E-state index contributed by atoms with van der Waals surface area (Å²) in [6, 6.07) is 5.45. The molecule has 1 aliphatic rings. The summed E-state index contributed by atoms with van der Waals surface area (Å²) >= 11 is 0. The Labute approximate surface area is 115 Å². The minimum Gasteiger partial charge on any atom is -0.486 e. The largest absolute Gasteiger partial charge is 0.486 e. The van der Waals surface area contributed by atoms with Crippen LogP contribution < -0.4 is 14.8 Å². The van der Waals surface area contributed by atoms with Crippen molar-refractivity contribution < 1.29 is 18.8 Å². The highest BCUT2D eigenvalue weighted by molar-refractivity contribution is 7.84. The van der Waals surface area contributed by atoms with Crippen molar-refractivity contribution in [1.29, 1.82) is 0 Å². The van der Waals surface area contributed by atoms with Gasteiger partial charge in [-0.15, -0.1) is 0 Å². The molecule has 1 heterocycles. The van der Waals surface area contributed by atoms with E-state index in [2.05, 4.69) is 5.32 Å². The maximum absolute atomic E-state index is 10.9. The highest BCUT2D eigenvalue weighted by Crippen LogP contribution is 2.32. The van der Waals surface area contributed by atoms with E-state index in [1.165, 1.54) is 0 Å². The molecule has 2 atom stereocenters. The Morgan fingerprint density at radius 3 is 2.84 bits per heavy atom. The van der Waals surface area contributed by atoms with E-state index in [9.17, 15) is 9.32 Å². The Balaban J connectivity index is 1.88. The van der Waals surface area contributed by atoms with Crippen LogP contribution in [0.5, 0.6) is 11.5 Å². The molecule has 0 bridgehead atoms. The smallest absolute Gasteiger partial charge is 0.161 e. The minimum atomic E-state index is -0.807. The quantitative estimate of drug-likeness (QED) is 0.743. The Morgan fingerprint density at radius 1 is 1.37 bits per heavy atom. The van der Waals surface area contributed by atoms with E-state index < -0.39 is 16.9 Å². The number of ether oxygens (including phenoxy) is 2. The summed E-state index contributed by atoms with van der Waals surface area (Å²) in [5.74, 6) is 1.99. The van der Waals surface area contributed by atoms with Gasteiger partial charge in [0.15, 0.2) is 11.5 Å². The second-order valence-corrected chi connectivity index (χ2v) is 5.95. The van der Waals surface area contributed by atoms with Crippen molar-refractivity contribution in [3.05, 3.63) is 23.8 Å². The molecule has 0 saturated carbocycles. The summed E-state index contributed by atoms with van der Waals surface area (Å²) in [5.41, 5.74) is 0.786. The average molecular weight is 285 g/mol. The van der Waals surface area contributed by atoms with Crippen LogP contribution in [-0.2, 0) is 10.8 Å². The number of fused-ring (bicyclic) bond motifs is 1. The molecule has 2 rings (SSSR count). The first-order valence-electron chi connectivity index (χ1n) is 6.25. The topological polar surface area (TPSA) is 67.8 Å². The van der Waals surface area contributed by atoms with Crippen LogP contribution in [0.1, 0.15) is 11.7 Å². The summed E-state index contributed by atoms with van der Waals surface area (Å²) in [6.45, 7) is 2.15. The first-order chi connectivity index (χ1) is 9.16. The number of hydrogen-bond acceptors (Lipinski definition) is 5. The molecule has 0 radical (unpaired) electrons. The molecule has 1 aliphatic heterocycles. The second kappa shape index (κ2) is 6.88. The maximum atomic E-state index is 10.9. The van der Waals surface area contributed by atoms with Gasteiger partial charge in [0.25, 0.3) is 0 Å². The molecule has 6 heteroatoms. The van der Waals surface area contributed by atoms with Gasteiger partial charge < -0.3 is 19.9 Å². The third-order valence-electron chi connectivity index (χ3n) is 2.85. The first kappa shape index (κ1) is 14.3. The van der Waals surface area contributed by atoms with Gasteiger partial charge in [-0.05, 0) is 17.7 Å². The van der Waals surface area contributed by atoms with E-state index in [1.54, 1.807) is 12.3 Å². The van der Waals surface area contributed by atoms with Gasteiger partial charge in [-0.25, -0.2) is 0 Å². The van der Waals surface area contributed by atoms with Gasteiger partial charge in [0.1, 0.15) is 13.2 Å². The zero-order valence-electron chi connectivity index (χ0n) is 10.9. The minimum absolute atomic E-state index is 0.427. The fourth-order valence-corrected chi connectivity index (χ4v) is 2.27. The van der Waals surface area contributed by atoms with Crippen LogP contribution >= 0.6 is 0 Å². The van der Waals surface area contributed by atoms with Gasteiger partial charge >= 0.3 is 0 Å². The summed E-state index contributed by atoms with van der Waals surface area (Å²) in [6.07, 6.45) is 1.06. The highest BCUT2D eigenvalue weighted by Gasteiger charge is 2.15. The van der Waals surface area contributed by atoms with Gasteiger partial charge in [-0.3, -0.25) is 4.21 Å². The summed E-state index contributed by atoms with van der Waals surface area (Å²) in [4.78, 5) is 0. The fourth-order valence-electron chi connectivity index (χ4n) is 1.84. The highest BCUT2D eigenvalue weighted by atomic mass is 32.2. The van der Waals surface area contributed by atoms with Crippen LogP contribution in [0.4, 0.5) is 0 Å². The van der Waals surface area contributed by atoms with Crippen molar-refractivity contribution in [3.63, 3.8) is 0 Å². The van der Waals surface area contributed by atoms with Gasteiger partial charge in [0.05, 0.1) is 6.10 Å². The molecular weight excluding hydrogens is 266 g/mol. The third-order valence-corrected chi connectivity index (χ3v) is 3.63. The standard InChI is InChI=1S/C13H19NO4S/c1-19(16)7-4-14-9-11(15)10-2-3-12-13(8-10)18-6-5-17-12/h2-3,8,11,14-15H,4-7,9H2,1H3. The SMILES string of the molecule is CS(=O)CCNCC(O)c1ccc2c(c1)OCCO2. The number of aliphatic hydroxyl groups is 1. The molecule has 1 aromatic carbocycles. The van der Waals surface area contributed by atoms with E-state index in [0.717, 1.165) is 11.3 Å². The molecule has 0 aromatic heterocycles. The number of aliphatic hydroxyl groups excluding tert-OH is 1. The predicted octanol–water partition coefficient (Wildman–Crippen LogP) is 0.459. The van der Waals surface area contributed by atoms with Crippen molar-refractivity contribution >= 4 is 10.8 Å². The molecule has 0 fully saturated rings. The van der Waals surface area contributed by atoms with E-state index >= 15 is 0 Å². The number of hydrogen-bond donors (Lipinski definition) is 2. The van der Waals surface area contributed by atoms with Crippen molar-refractivity contribution in [2.45, 2.75) is 6.10 Å². The number of rotatable bonds is 6. The monoisotopic (exact) mass is 285 g/mol. The molecule has 0 aliphatic carbocycles. The number of nitrogens with one attached hydrogen (secondary N) is 1. The van der Waals surface area contributed by atoms with Crippen LogP contribution in [0.3, 0.4) is 0 Å². The van der Waals surface area contributed by atoms with E-state index in [0.29, 0.717) is 37.8 Å². The lowest BCUT2D eigenvalue weighted by atomic mass is 10.1. The van der Waals surface area contributed by atoms with E-state index in [-0.39, 0.29) is 0 Å². The summed E-state index contributed by atoms with van der Waals surface area (Å²) in [5, 5.41) is 13.1. The second-order valence-electron chi connectivity index (χ2n) is 4.40. The molecule has 1 aromatic rings. The maximum Gasteiger partial charge on any atom is 0.161 e. The first-order valence-corrected chi connectivity index (χ1v) is 7.98.